The first-order valence-corrected chi connectivity index (χ1v) is 20.8. The first kappa shape index (κ1) is 41.7. The van der Waals surface area contributed by atoms with E-state index in [1.165, 1.54) is 0 Å². The fraction of sp³-hybridized carbons (Fsp3) is 0.929. The van der Waals surface area contributed by atoms with Gasteiger partial charge in [0.2, 0.25) is 5.79 Å². The van der Waals surface area contributed by atoms with Crippen LogP contribution < -0.4 is 0 Å². The third-order valence-corrected chi connectivity index (χ3v) is 14.5. The van der Waals surface area contributed by atoms with Crippen molar-refractivity contribution in [1.82, 2.24) is 0 Å². The third-order valence-electron chi connectivity index (χ3n) is 14.5. The van der Waals surface area contributed by atoms with Gasteiger partial charge in [-0.15, -0.1) is 0 Å². The summed E-state index contributed by atoms with van der Waals surface area (Å²) in [5.74, 6) is -4.91. The van der Waals surface area contributed by atoms with Gasteiger partial charge in [-0.3, -0.25) is 14.4 Å². The van der Waals surface area contributed by atoms with Crippen molar-refractivity contribution in [1.29, 1.82) is 0 Å². The van der Waals surface area contributed by atoms with Crippen LogP contribution in [0.2, 0.25) is 0 Å². The van der Waals surface area contributed by atoms with Crippen LogP contribution in [0.1, 0.15) is 146 Å². The van der Waals surface area contributed by atoms with E-state index < -0.39 is 59.2 Å². The number of hydrogen-bond donors (Lipinski definition) is 2. The Morgan fingerprint density at radius 3 is 2.17 bits per heavy atom. The third kappa shape index (κ3) is 7.82. The van der Waals surface area contributed by atoms with E-state index in [1.807, 2.05) is 20.8 Å². The molecule has 5 aliphatic heterocycles. The highest BCUT2D eigenvalue weighted by molar-refractivity contribution is 5.87. The minimum atomic E-state index is -1.41. The lowest BCUT2D eigenvalue weighted by Gasteiger charge is -2.54. The number of Topliss-reactive ketones (excluding diaryl/α,β-unsaturated/α-hetero) is 2. The lowest BCUT2D eigenvalue weighted by molar-refractivity contribution is -0.404. The van der Waals surface area contributed by atoms with Gasteiger partial charge in [0, 0.05) is 42.9 Å². The molecule has 0 aromatic rings. The molecule has 2 spiro atoms. The van der Waals surface area contributed by atoms with Crippen LogP contribution in [0.5, 0.6) is 0 Å². The molecule has 0 saturated carbocycles. The zero-order valence-electron chi connectivity index (χ0n) is 33.7. The van der Waals surface area contributed by atoms with Crippen molar-refractivity contribution in [2.45, 2.75) is 200 Å². The molecule has 52 heavy (non-hydrogen) atoms. The Hall–Kier alpha value is -1.43. The number of aliphatic hydroxyl groups is 1. The van der Waals surface area contributed by atoms with Crippen LogP contribution in [0, 0.1) is 47.3 Å². The van der Waals surface area contributed by atoms with E-state index in [2.05, 4.69) is 41.5 Å². The summed E-state index contributed by atoms with van der Waals surface area (Å²) in [6, 6.07) is 0. The zero-order valence-corrected chi connectivity index (χ0v) is 33.7. The Morgan fingerprint density at radius 2 is 1.56 bits per heavy atom. The standard InChI is InChI=1S/C42H70O10/c1-11-29-15-17-34(48-28(29)9)40(10)20-21-42(51-40)33(43)18-19-41(52-42)25(6)22-24(5)38(50-41)31(13-3)36(45)26(7)35(44)27(8)37-23(4)14-16-32(49-37)30(12-2)39(46)47/h23-32,34-35,37-38,44H,11-22H2,1-10H3,(H,46,47)/t23-,24-,25+,26-,27-,28-,29-,30+,31-,32+,34+,35+,37+,38-,40-,41-,42-/m0/s1. The van der Waals surface area contributed by atoms with E-state index in [1.54, 1.807) is 6.92 Å². The average molecular weight is 735 g/mol. The topological polar surface area (TPSA) is 138 Å². The largest absolute Gasteiger partial charge is 0.481 e. The van der Waals surface area contributed by atoms with Gasteiger partial charge in [0.1, 0.15) is 5.78 Å². The molecule has 298 valence electrons. The summed E-state index contributed by atoms with van der Waals surface area (Å²) >= 11 is 0. The highest BCUT2D eigenvalue weighted by Gasteiger charge is 2.64. The summed E-state index contributed by atoms with van der Waals surface area (Å²) in [4.78, 5) is 40.1. The fourth-order valence-electron chi connectivity index (χ4n) is 10.8. The molecule has 5 saturated heterocycles. The van der Waals surface area contributed by atoms with Crippen molar-refractivity contribution in [3.05, 3.63) is 0 Å². The molecule has 0 aromatic heterocycles. The first-order chi connectivity index (χ1) is 24.5. The van der Waals surface area contributed by atoms with Crippen LogP contribution in [0.3, 0.4) is 0 Å². The molecule has 2 N–H and O–H groups in total. The smallest absolute Gasteiger partial charge is 0.309 e. The fourth-order valence-corrected chi connectivity index (χ4v) is 10.8. The van der Waals surface area contributed by atoms with Gasteiger partial charge in [-0.25, -0.2) is 0 Å². The summed E-state index contributed by atoms with van der Waals surface area (Å²) < 4.78 is 33.7. The Kier molecular flexibility index (Phi) is 13.1. The maximum atomic E-state index is 14.4. The molecular formula is C42H70O10. The monoisotopic (exact) mass is 734 g/mol. The molecule has 10 heteroatoms. The van der Waals surface area contributed by atoms with E-state index in [4.69, 9.17) is 23.7 Å². The number of hydrogen-bond acceptors (Lipinski definition) is 9. The van der Waals surface area contributed by atoms with Crippen molar-refractivity contribution in [3.63, 3.8) is 0 Å². The Balaban J connectivity index is 1.30. The number of ketones is 2. The molecule has 0 bridgehead atoms. The lowest BCUT2D eigenvalue weighted by Crippen LogP contribution is -2.63. The predicted octanol–water partition coefficient (Wildman–Crippen LogP) is 7.51. The van der Waals surface area contributed by atoms with E-state index in [0.29, 0.717) is 44.4 Å². The van der Waals surface area contributed by atoms with Gasteiger partial charge in [-0.2, -0.15) is 0 Å². The Bertz CT molecular complexity index is 1270. The van der Waals surface area contributed by atoms with Crippen LogP contribution >= 0.6 is 0 Å². The highest BCUT2D eigenvalue weighted by Crippen LogP contribution is 2.54. The predicted molar refractivity (Wildman–Crippen MR) is 196 cm³/mol. The molecule has 0 amide bonds. The maximum absolute atomic E-state index is 14.4. The van der Waals surface area contributed by atoms with E-state index in [-0.39, 0.29) is 60.0 Å². The number of carbonyl (C=O) groups is 3. The molecule has 0 radical (unpaired) electrons. The van der Waals surface area contributed by atoms with Crippen molar-refractivity contribution >= 4 is 17.5 Å². The highest BCUT2D eigenvalue weighted by atomic mass is 16.8. The average Bonchev–Trinajstić information content (AvgIpc) is 3.46. The summed E-state index contributed by atoms with van der Waals surface area (Å²) in [6.45, 7) is 20.3. The molecular weight excluding hydrogens is 664 g/mol. The van der Waals surface area contributed by atoms with Gasteiger partial charge in [0.25, 0.3) is 0 Å². The van der Waals surface area contributed by atoms with Gasteiger partial charge in [0.15, 0.2) is 11.6 Å². The summed E-state index contributed by atoms with van der Waals surface area (Å²) in [7, 11) is 0. The molecule has 0 unspecified atom stereocenters. The second-order valence-electron chi connectivity index (χ2n) is 17.9. The Labute approximate surface area is 312 Å². The van der Waals surface area contributed by atoms with Gasteiger partial charge >= 0.3 is 5.97 Å². The molecule has 0 aromatic carbocycles. The van der Waals surface area contributed by atoms with Crippen molar-refractivity contribution in [3.8, 4) is 0 Å². The summed E-state index contributed by atoms with van der Waals surface area (Å²) in [5.41, 5.74) is -0.652. The van der Waals surface area contributed by atoms with Gasteiger partial charge in [0.05, 0.1) is 48.1 Å². The molecule has 5 heterocycles. The second kappa shape index (κ2) is 16.4. The van der Waals surface area contributed by atoms with Crippen LogP contribution in [0.4, 0.5) is 0 Å². The minimum Gasteiger partial charge on any atom is -0.481 e. The molecule has 17 atom stereocenters. The number of aliphatic hydroxyl groups excluding tert-OH is 1. The SMILES string of the molecule is CC[C@H]1CC[C@H]([C@]2(C)CC[C@@]3(O[C@]4(CCC3=O)O[C@H]([C@@H](CC)C(=O)[C@@H](C)[C@@H](O)[C@H](C)[C@@H]3O[C@@H]([C@@H](CC)C(=O)O)CC[C@@H]3C)[C@@H](C)C[C@H]4C)O2)O[C@H]1C. The van der Waals surface area contributed by atoms with E-state index in [0.717, 1.165) is 32.1 Å². The van der Waals surface area contributed by atoms with E-state index in [9.17, 15) is 24.6 Å². The quantitative estimate of drug-likeness (QED) is 0.207. The van der Waals surface area contributed by atoms with Crippen molar-refractivity contribution in [2.75, 3.05) is 0 Å². The number of rotatable bonds is 12. The molecule has 10 nitrogen and oxygen atoms in total. The van der Waals surface area contributed by atoms with Crippen molar-refractivity contribution in [2.24, 2.45) is 47.3 Å². The van der Waals surface area contributed by atoms with Crippen LogP contribution in [-0.2, 0) is 38.1 Å². The minimum absolute atomic E-state index is 0.0262. The molecule has 5 aliphatic rings. The number of aliphatic carboxylic acids is 1. The number of carboxylic acid groups (broad SMARTS) is 1. The van der Waals surface area contributed by atoms with Gasteiger partial charge in [-0.05, 0) is 83.0 Å². The van der Waals surface area contributed by atoms with Crippen LogP contribution in [0.15, 0.2) is 0 Å². The second-order valence-corrected chi connectivity index (χ2v) is 17.9. The van der Waals surface area contributed by atoms with Crippen LogP contribution in [-0.4, -0.2) is 81.5 Å². The summed E-state index contributed by atoms with van der Waals surface area (Å²) in [5, 5.41) is 21.5. The summed E-state index contributed by atoms with van der Waals surface area (Å²) in [6.07, 6.45) is 5.87. The van der Waals surface area contributed by atoms with Gasteiger partial charge in [-0.1, -0.05) is 61.8 Å². The lowest BCUT2D eigenvalue weighted by atomic mass is 9.72. The number of ether oxygens (including phenoxy) is 5. The van der Waals surface area contributed by atoms with Crippen molar-refractivity contribution < 1.29 is 48.3 Å². The van der Waals surface area contributed by atoms with Crippen LogP contribution in [0.25, 0.3) is 0 Å². The molecule has 5 fully saturated rings. The molecule has 0 aliphatic carbocycles. The number of carboxylic acids is 1. The van der Waals surface area contributed by atoms with Gasteiger partial charge < -0.3 is 33.9 Å². The van der Waals surface area contributed by atoms with E-state index >= 15 is 0 Å². The zero-order chi connectivity index (χ0) is 38.3. The number of carbonyl (C=O) groups excluding carboxylic acids is 2. The first-order valence-electron chi connectivity index (χ1n) is 20.8. The Morgan fingerprint density at radius 1 is 0.865 bits per heavy atom. The molecule has 5 rings (SSSR count). The normalized spacial score (nSPS) is 44.3. The maximum Gasteiger partial charge on any atom is 0.309 e.